The van der Waals surface area contributed by atoms with Crippen LogP contribution < -0.4 is 20.2 Å². The van der Waals surface area contributed by atoms with Gasteiger partial charge in [-0.05, 0) is 66.6 Å². The number of amides is 2. The molecule has 8 nitrogen and oxygen atoms in total. The van der Waals surface area contributed by atoms with Gasteiger partial charge in [-0.1, -0.05) is 34.1 Å². The highest BCUT2D eigenvalue weighted by molar-refractivity contribution is 9.10. The normalized spacial score (nSPS) is 10.5. The van der Waals surface area contributed by atoms with Crippen molar-refractivity contribution in [3.63, 3.8) is 0 Å². The average Bonchev–Trinajstić information content (AvgIpc) is 2.79. The molecule has 3 aromatic rings. The summed E-state index contributed by atoms with van der Waals surface area (Å²) in [6.45, 7) is 1.88. The molecule has 0 radical (unpaired) electrons. The van der Waals surface area contributed by atoms with Crippen molar-refractivity contribution in [2.45, 2.75) is 6.92 Å². The van der Waals surface area contributed by atoms with Crippen LogP contribution in [0, 0.1) is 6.92 Å². The molecule has 0 saturated carbocycles. The maximum Gasteiger partial charge on any atom is 0.343 e. The van der Waals surface area contributed by atoms with Crippen molar-refractivity contribution in [2.75, 3.05) is 12.4 Å². The van der Waals surface area contributed by atoms with Crippen molar-refractivity contribution >= 4 is 45.6 Å². The zero-order valence-electron chi connectivity index (χ0n) is 17.8. The molecule has 168 valence electrons. The number of hydrazone groups is 1. The number of esters is 1. The molecule has 2 N–H and O–H groups in total. The molecule has 0 aliphatic heterocycles. The summed E-state index contributed by atoms with van der Waals surface area (Å²) in [5.41, 5.74) is 4.55. The van der Waals surface area contributed by atoms with Gasteiger partial charge in [-0.15, -0.1) is 0 Å². The van der Waals surface area contributed by atoms with E-state index in [1.807, 2.05) is 13.0 Å². The van der Waals surface area contributed by atoms with Crippen LogP contribution in [0.5, 0.6) is 11.5 Å². The SMILES string of the molecule is COc1cc(C=NNC(=O)C(=O)Nc2cccc(C)c2)ccc1OC(=O)c1cccc(Br)c1. The lowest BCUT2D eigenvalue weighted by Gasteiger charge is -2.10. The Morgan fingerprint density at radius 3 is 2.45 bits per heavy atom. The standard InChI is InChI=1S/C24H20BrN3O5/c1-15-5-3-8-19(11-15)27-22(29)23(30)28-26-14-16-9-10-20(21(12-16)32-2)33-24(31)17-6-4-7-18(25)13-17/h3-14H,1-2H3,(H,27,29)(H,28,30). The summed E-state index contributed by atoms with van der Waals surface area (Å²) in [7, 11) is 1.43. The molecular weight excluding hydrogens is 490 g/mol. The molecule has 0 spiro atoms. The van der Waals surface area contributed by atoms with Crippen LogP contribution >= 0.6 is 15.9 Å². The Morgan fingerprint density at radius 1 is 0.939 bits per heavy atom. The van der Waals surface area contributed by atoms with Gasteiger partial charge >= 0.3 is 17.8 Å². The predicted molar refractivity (Wildman–Crippen MR) is 128 cm³/mol. The Kier molecular flexibility index (Phi) is 7.93. The number of ether oxygens (including phenoxy) is 2. The number of anilines is 1. The molecule has 0 saturated heterocycles. The van der Waals surface area contributed by atoms with Crippen molar-refractivity contribution in [1.29, 1.82) is 0 Å². The van der Waals surface area contributed by atoms with Crippen LogP contribution in [0.3, 0.4) is 0 Å². The van der Waals surface area contributed by atoms with Crippen LogP contribution in [0.15, 0.2) is 76.3 Å². The Bertz CT molecular complexity index is 1230. The molecular formula is C24H20BrN3O5. The highest BCUT2D eigenvalue weighted by atomic mass is 79.9. The van der Waals surface area contributed by atoms with Crippen LogP contribution in [0.2, 0.25) is 0 Å². The molecule has 0 fully saturated rings. The number of hydrogen-bond acceptors (Lipinski definition) is 6. The minimum absolute atomic E-state index is 0.223. The number of aryl methyl sites for hydroxylation is 1. The highest BCUT2D eigenvalue weighted by Gasteiger charge is 2.14. The van der Waals surface area contributed by atoms with Crippen molar-refractivity contribution in [2.24, 2.45) is 5.10 Å². The van der Waals surface area contributed by atoms with Gasteiger partial charge in [0, 0.05) is 10.2 Å². The molecule has 0 aliphatic rings. The van der Waals surface area contributed by atoms with E-state index >= 15 is 0 Å². The van der Waals surface area contributed by atoms with E-state index in [-0.39, 0.29) is 5.75 Å². The number of halogens is 1. The smallest absolute Gasteiger partial charge is 0.343 e. The van der Waals surface area contributed by atoms with Crippen LogP contribution in [0.4, 0.5) is 5.69 Å². The van der Waals surface area contributed by atoms with E-state index in [9.17, 15) is 14.4 Å². The lowest BCUT2D eigenvalue weighted by atomic mass is 10.2. The number of carbonyl (C=O) groups excluding carboxylic acids is 3. The van der Waals surface area contributed by atoms with Crippen molar-refractivity contribution in [3.05, 3.63) is 87.9 Å². The Labute approximate surface area is 198 Å². The first-order valence-electron chi connectivity index (χ1n) is 9.72. The summed E-state index contributed by atoms with van der Waals surface area (Å²) in [4.78, 5) is 36.3. The molecule has 0 aromatic heterocycles. The Hall–Kier alpha value is -3.98. The van der Waals surface area contributed by atoms with Gasteiger partial charge in [0.15, 0.2) is 11.5 Å². The number of nitrogens with zero attached hydrogens (tertiary/aromatic N) is 1. The lowest BCUT2D eigenvalue weighted by molar-refractivity contribution is -0.136. The second-order valence-corrected chi connectivity index (χ2v) is 7.75. The Balaban J connectivity index is 1.61. The van der Waals surface area contributed by atoms with E-state index < -0.39 is 17.8 Å². The monoisotopic (exact) mass is 509 g/mol. The van der Waals surface area contributed by atoms with Crippen molar-refractivity contribution < 1.29 is 23.9 Å². The fourth-order valence-corrected chi connectivity index (χ4v) is 3.15. The zero-order chi connectivity index (χ0) is 23.8. The number of benzene rings is 3. The van der Waals surface area contributed by atoms with Crippen molar-refractivity contribution in [3.8, 4) is 11.5 Å². The quantitative estimate of drug-likeness (QED) is 0.171. The van der Waals surface area contributed by atoms with E-state index in [2.05, 4.69) is 31.8 Å². The van der Waals surface area contributed by atoms with Gasteiger partial charge in [0.25, 0.3) is 0 Å². The van der Waals surface area contributed by atoms with Crippen LogP contribution in [0.25, 0.3) is 0 Å². The van der Waals surface area contributed by atoms with Gasteiger partial charge < -0.3 is 14.8 Å². The molecule has 0 bridgehead atoms. The average molecular weight is 510 g/mol. The van der Waals surface area contributed by atoms with Gasteiger partial charge in [0.1, 0.15) is 0 Å². The molecule has 0 unspecified atom stereocenters. The first-order valence-corrected chi connectivity index (χ1v) is 10.5. The molecule has 0 heterocycles. The largest absolute Gasteiger partial charge is 0.493 e. The molecule has 0 aliphatic carbocycles. The van der Waals surface area contributed by atoms with Gasteiger partial charge in [-0.25, -0.2) is 10.2 Å². The summed E-state index contributed by atoms with van der Waals surface area (Å²) >= 11 is 3.31. The summed E-state index contributed by atoms with van der Waals surface area (Å²) in [6.07, 6.45) is 1.33. The zero-order valence-corrected chi connectivity index (χ0v) is 19.4. The minimum Gasteiger partial charge on any atom is -0.493 e. The third-order valence-electron chi connectivity index (χ3n) is 4.31. The minimum atomic E-state index is -0.917. The number of hydrogen-bond donors (Lipinski definition) is 2. The third kappa shape index (κ3) is 6.75. The fraction of sp³-hybridized carbons (Fsp3) is 0.0833. The highest BCUT2D eigenvalue weighted by Crippen LogP contribution is 2.28. The number of methoxy groups -OCH3 is 1. The molecule has 9 heteroatoms. The van der Waals surface area contributed by atoms with Crippen LogP contribution in [0.1, 0.15) is 21.5 Å². The molecule has 2 amide bonds. The molecule has 3 rings (SSSR count). The summed E-state index contributed by atoms with van der Waals surface area (Å²) < 4.78 is 11.5. The fourth-order valence-electron chi connectivity index (χ4n) is 2.75. The van der Waals surface area contributed by atoms with Gasteiger partial charge in [0.05, 0.1) is 18.9 Å². The van der Waals surface area contributed by atoms with Crippen LogP contribution in [-0.2, 0) is 9.59 Å². The van der Waals surface area contributed by atoms with Gasteiger partial charge in [-0.3, -0.25) is 9.59 Å². The predicted octanol–water partition coefficient (Wildman–Crippen LogP) is 4.07. The number of rotatable bonds is 6. The molecule has 33 heavy (non-hydrogen) atoms. The van der Waals surface area contributed by atoms with Gasteiger partial charge in [0.2, 0.25) is 0 Å². The first kappa shape index (κ1) is 23.7. The topological polar surface area (TPSA) is 106 Å². The molecule has 0 atom stereocenters. The van der Waals surface area contributed by atoms with Crippen molar-refractivity contribution in [1.82, 2.24) is 5.43 Å². The van der Waals surface area contributed by atoms with E-state index in [1.165, 1.54) is 13.3 Å². The number of carbonyl (C=O) groups is 3. The molecule has 3 aromatic carbocycles. The second-order valence-electron chi connectivity index (χ2n) is 6.83. The van der Waals surface area contributed by atoms with Crippen LogP contribution in [-0.4, -0.2) is 31.1 Å². The van der Waals surface area contributed by atoms with E-state index in [1.54, 1.807) is 60.7 Å². The van der Waals surface area contributed by atoms with E-state index in [0.29, 0.717) is 22.6 Å². The summed E-state index contributed by atoms with van der Waals surface area (Å²) in [5, 5.41) is 6.29. The summed E-state index contributed by atoms with van der Waals surface area (Å²) in [6, 6.07) is 18.6. The number of nitrogens with one attached hydrogen (secondary N) is 2. The van der Waals surface area contributed by atoms with E-state index in [4.69, 9.17) is 9.47 Å². The van der Waals surface area contributed by atoms with E-state index in [0.717, 1.165) is 10.0 Å². The lowest BCUT2D eigenvalue weighted by Crippen LogP contribution is -2.32. The third-order valence-corrected chi connectivity index (χ3v) is 4.81. The second kappa shape index (κ2) is 11.1. The maximum absolute atomic E-state index is 12.4. The Morgan fingerprint density at radius 2 is 1.73 bits per heavy atom. The van der Waals surface area contributed by atoms with Gasteiger partial charge in [-0.2, -0.15) is 5.10 Å². The maximum atomic E-state index is 12.4. The first-order chi connectivity index (χ1) is 15.9. The summed E-state index contributed by atoms with van der Waals surface area (Å²) in [5.74, 6) is -1.78.